The molecule has 0 bridgehead atoms. The van der Waals surface area contributed by atoms with Crippen molar-refractivity contribution in [3.8, 4) is 5.75 Å². The van der Waals surface area contributed by atoms with Crippen molar-refractivity contribution in [2.24, 2.45) is 0 Å². The van der Waals surface area contributed by atoms with E-state index in [2.05, 4.69) is 0 Å². The van der Waals surface area contributed by atoms with Crippen molar-refractivity contribution < 1.29 is 14.6 Å². The molecule has 0 unspecified atom stereocenters. The number of carboxylic acids is 1. The quantitative estimate of drug-likeness (QED) is 0.848. The molecule has 1 N–H and O–H groups in total. The van der Waals surface area contributed by atoms with Crippen LogP contribution in [0.4, 0.5) is 0 Å². The first-order valence-corrected chi connectivity index (χ1v) is 5.57. The van der Waals surface area contributed by atoms with Crippen molar-refractivity contribution in [3.63, 3.8) is 0 Å². The van der Waals surface area contributed by atoms with E-state index < -0.39 is 11.4 Å². The summed E-state index contributed by atoms with van der Waals surface area (Å²) in [5.41, 5.74) is 1.29. The molecular weight excluding hydrogens is 204 g/mol. The van der Waals surface area contributed by atoms with Crippen molar-refractivity contribution in [1.82, 2.24) is 0 Å². The third kappa shape index (κ3) is 1.66. The van der Waals surface area contributed by atoms with Crippen LogP contribution in [-0.4, -0.2) is 17.7 Å². The minimum absolute atomic E-state index is 0.616. The number of carboxylic acid groups (broad SMARTS) is 1. The fourth-order valence-electron chi connectivity index (χ4n) is 2.02. The molecule has 0 atom stereocenters. The topological polar surface area (TPSA) is 46.5 Å². The Morgan fingerprint density at radius 2 is 2.19 bits per heavy atom. The smallest absolute Gasteiger partial charge is 0.314 e. The number of aryl methyl sites for hydroxylation is 1. The van der Waals surface area contributed by atoms with Crippen molar-refractivity contribution in [1.29, 1.82) is 0 Å². The summed E-state index contributed by atoms with van der Waals surface area (Å²) in [4.78, 5) is 11.2. The van der Waals surface area contributed by atoms with Crippen molar-refractivity contribution in [2.75, 3.05) is 6.61 Å². The van der Waals surface area contributed by atoms with Crippen LogP contribution in [0, 0.1) is 6.92 Å². The minimum atomic E-state index is -0.712. The summed E-state index contributed by atoms with van der Waals surface area (Å²) in [6.07, 6.45) is 1.49. The first kappa shape index (κ1) is 11.0. The van der Waals surface area contributed by atoms with Crippen LogP contribution in [-0.2, 0) is 10.2 Å². The summed E-state index contributed by atoms with van der Waals surface area (Å²) in [7, 11) is 0. The van der Waals surface area contributed by atoms with Gasteiger partial charge >= 0.3 is 5.97 Å². The van der Waals surface area contributed by atoms with E-state index in [0.29, 0.717) is 6.61 Å². The van der Waals surface area contributed by atoms with Gasteiger partial charge in [0.1, 0.15) is 5.75 Å². The zero-order valence-corrected chi connectivity index (χ0v) is 9.62. The molecule has 0 saturated heterocycles. The summed E-state index contributed by atoms with van der Waals surface area (Å²) in [6.45, 7) is 4.52. The van der Waals surface area contributed by atoms with Crippen molar-refractivity contribution in [3.05, 3.63) is 29.3 Å². The van der Waals surface area contributed by atoms with Crippen LogP contribution < -0.4 is 4.74 Å². The molecular formula is C13H16O3. The third-order valence-corrected chi connectivity index (χ3v) is 3.19. The van der Waals surface area contributed by atoms with E-state index in [-0.39, 0.29) is 0 Å². The number of rotatable bonds is 4. The van der Waals surface area contributed by atoms with Gasteiger partial charge in [-0.1, -0.05) is 12.1 Å². The van der Waals surface area contributed by atoms with Crippen LogP contribution in [0.3, 0.4) is 0 Å². The van der Waals surface area contributed by atoms with Gasteiger partial charge in [-0.25, -0.2) is 0 Å². The molecule has 0 spiro atoms. The molecule has 16 heavy (non-hydrogen) atoms. The van der Waals surface area contributed by atoms with Gasteiger partial charge in [-0.15, -0.1) is 0 Å². The van der Waals surface area contributed by atoms with Gasteiger partial charge in [0.05, 0.1) is 12.0 Å². The van der Waals surface area contributed by atoms with Gasteiger partial charge in [-0.2, -0.15) is 0 Å². The van der Waals surface area contributed by atoms with Crippen LogP contribution in [0.15, 0.2) is 18.2 Å². The SMILES string of the molecule is CCOc1ccc(C2(C(=O)O)CC2)cc1C. The second kappa shape index (κ2) is 3.81. The summed E-state index contributed by atoms with van der Waals surface area (Å²) in [5, 5.41) is 9.19. The molecule has 1 aromatic rings. The number of carbonyl (C=O) groups is 1. The maximum Gasteiger partial charge on any atom is 0.314 e. The zero-order valence-electron chi connectivity index (χ0n) is 9.62. The number of hydrogen-bond donors (Lipinski definition) is 1. The lowest BCUT2D eigenvalue weighted by atomic mass is 9.94. The summed E-state index contributed by atoms with van der Waals surface area (Å²) >= 11 is 0. The first-order valence-electron chi connectivity index (χ1n) is 5.57. The molecule has 3 nitrogen and oxygen atoms in total. The van der Waals surface area contributed by atoms with E-state index >= 15 is 0 Å². The normalized spacial score (nSPS) is 16.9. The number of ether oxygens (including phenoxy) is 1. The Labute approximate surface area is 95.0 Å². The van der Waals surface area contributed by atoms with Gasteiger partial charge in [0.2, 0.25) is 0 Å². The standard InChI is InChI=1S/C13H16O3/c1-3-16-11-5-4-10(8-9(11)2)13(6-7-13)12(14)15/h4-5,8H,3,6-7H2,1-2H3,(H,14,15). The largest absolute Gasteiger partial charge is 0.494 e. The predicted octanol–water partition coefficient (Wildman–Crippen LogP) is 2.51. The zero-order chi connectivity index (χ0) is 11.8. The van der Waals surface area contributed by atoms with Crippen LogP contribution in [0.25, 0.3) is 0 Å². The average Bonchev–Trinajstić information content (AvgIpc) is 3.02. The van der Waals surface area contributed by atoms with E-state index in [4.69, 9.17) is 4.74 Å². The number of aliphatic carboxylic acids is 1. The molecule has 0 aromatic heterocycles. The molecule has 1 aliphatic carbocycles. The second-order valence-electron chi connectivity index (χ2n) is 4.30. The summed E-state index contributed by atoms with van der Waals surface area (Å²) in [5.74, 6) is 0.128. The highest BCUT2D eigenvalue weighted by molar-refractivity contribution is 5.85. The molecule has 0 radical (unpaired) electrons. The highest BCUT2D eigenvalue weighted by Crippen LogP contribution is 2.49. The van der Waals surface area contributed by atoms with Gasteiger partial charge < -0.3 is 9.84 Å². The van der Waals surface area contributed by atoms with E-state index in [9.17, 15) is 9.90 Å². The van der Waals surface area contributed by atoms with Crippen molar-refractivity contribution in [2.45, 2.75) is 32.1 Å². The summed E-state index contributed by atoms with van der Waals surface area (Å²) < 4.78 is 5.44. The lowest BCUT2D eigenvalue weighted by Crippen LogP contribution is -2.19. The average molecular weight is 220 g/mol. The lowest BCUT2D eigenvalue weighted by molar-refractivity contribution is -0.140. The minimum Gasteiger partial charge on any atom is -0.494 e. The third-order valence-electron chi connectivity index (χ3n) is 3.19. The fraction of sp³-hybridized carbons (Fsp3) is 0.462. The molecule has 1 aromatic carbocycles. The Morgan fingerprint density at radius 3 is 2.62 bits per heavy atom. The van der Waals surface area contributed by atoms with Gasteiger partial charge in [-0.05, 0) is 43.9 Å². The maximum absolute atomic E-state index is 11.2. The molecule has 0 heterocycles. The van der Waals surface area contributed by atoms with Crippen LogP contribution >= 0.6 is 0 Å². The number of benzene rings is 1. The van der Waals surface area contributed by atoms with E-state index in [1.54, 1.807) is 0 Å². The van der Waals surface area contributed by atoms with E-state index in [1.165, 1.54) is 0 Å². The maximum atomic E-state index is 11.2. The Hall–Kier alpha value is -1.51. The highest BCUT2D eigenvalue weighted by atomic mass is 16.5. The molecule has 86 valence electrons. The van der Waals surface area contributed by atoms with Gasteiger partial charge in [0.25, 0.3) is 0 Å². The Bertz CT molecular complexity index is 419. The monoisotopic (exact) mass is 220 g/mol. The molecule has 1 fully saturated rings. The number of hydrogen-bond acceptors (Lipinski definition) is 2. The van der Waals surface area contributed by atoms with Crippen LogP contribution in [0.2, 0.25) is 0 Å². The van der Waals surface area contributed by atoms with Gasteiger partial charge in [-0.3, -0.25) is 4.79 Å². The molecule has 2 rings (SSSR count). The predicted molar refractivity (Wildman–Crippen MR) is 60.9 cm³/mol. The molecule has 1 saturated carbocycles. The van der Waals surface area contributed by atoms with Gasteiger partial charge in [0.15, 0.2) is 0 Å². The Kier molecular flexibility index (Phi) is 2.62. The first-order chi connectivity index (χ1) is 7.60. The Morgan fingerprint density at radius 1 is 1.50 bits per heavy atom. The van der Waals surface area contributed by atoms with Gasteiger partial charge in [0, 0.05) is 0 Å². The molecule has 0 aliphatic heterocycles. The summed E-state index contributed by atoms with van der Waals surface area (Å²) in [6, 6.07) is 5.68. The highest BCUT2D eigenvalue weighted by Gasteiger charge is 2.51. The van der Waals surface area contributed by atoms with Crippen molar-refractivity contribution >= 4 is 5.97 Å². The molecule has 3 heteroatoms. The second-order valence-corrected chi connectivity index (χ2v) is 4.30. The van der Waals surface area contributed by atoms with E-state index in [0.717, 1.165) is 29.7 Å². The van der Waals surface area contributed by atoms with E-state index in [1.807, 2.05) is 32.0 Å². The lowest BCUT2D eigenvalue weighted by Gasteiger charge is -2.13. The fourth-order valence-corrected chi connectivity index (χ4v) is 2.02. The molecule has 0 amide bonds. The molecule has 1 aliphatic rings. The Balaban J connectivity index is 2.31. The van der Waals surface area contributed by atoms with Crippen LogP contribution in [0.1, 0.15) is 30.9 Å². The van der Waals surface area contributed by atoms with Crippen LogP contribution in [0.5, 0.6) is 5.75 Å².